The highest BCUT2D eigenvalue weighted by Gasteiger charge is 2.28. The Kier molecular flexibility index (Phi) is 6.87. The molecule has 1 aromatic carbocycles. The zero-order valence-corrected chi connectivity index (χ0v) is 16.6. The predicted molar refractivity (Wildman–Crippen MR) is 109 cm³/mol. The number of benzene rings is 1. The van der Waals surface area contributed by atoms with Gasteiger partial charge in [-0.2, -0.15) is 0 Å². The second kappa shape index (κ2) is 9.55. The van der Waals surface area contributed by atoms with E-state index in [0.717, 1.165) is 32.0 Å². The fourth-order valence-electron chi connectivity index (χ4n) is 3.59. The highest BCUT2D eigenvalue weighted by atomic mass is 16.5. The quantitative estimate of drug-likeness (QED) is 0.628. The van der Waals surface area contributed by atoms with Crippen molar-refractivity contribution in [3.8, 4) is 0 Å². The van der Waals surface area contributed by atoms with Crippen LogP contribution < -0.4 is 5.32 Å². The minimum absolute atomic E-state index is 0.429. The topological polar surface area (TPSA) is 54.7 Å². The van der Waals surface area contributed by atoms with Gasteiger partial charge in [0.1, 0.15) is 0 Å². The molecule has 2 unspecified atom stereocenters. The first kappa shape index (κ1) is 19.4. The second-order valence-electron chi connectivity index (χ2n) is 7.21. The molecule has 2 atom stereocenters. The number of hydrogen-bond donors (Lipinski definition) is 1. The van der Waals surface area contributed by atoms with Crippen molar-refractivity contribution in [2.45, 2.75) is 39.5 Å². The monoisotopic (exact) mass is 369 g/mol. The lowest BCUT2D eigenvalue weighted by molar-refractivity contribution is 0.185. The molecule has 1 aromatic heterocycles. The number of aromatic nitrogens is 2. The lowest BCUT2D eigenvalue weighted by Crippen LogP contribution is -2.49. The Morgan fingerprint density at radius 2 is 2.07 bits per heavy atom. The summed E-state index contributed by atoms with van der Waals surface area (Å²) >= 11 is 0. The van der Waals surface area contributed by atoms with Crippen LogP contribution in [0.4, 0.5) is 0 Å². The smallest absolute Gasteiger partial charge is 0.194 e. The van der Waals surface area contributed by atoms with Gasteiger partial charge in [-0.25, -0.2) is 9.98 Å². The van der Waals surface area contributed by atoms with Gasteiger partial charge in [-0.1, -0.05) is 31.2 Å². The Bertz CT molecular complexity index is 711. The van der Waals surface area contributed by atoms with Crippen LogP contribution in [-0.4, -0.2) is 47.2 Å². The van der Waals surface area contributed by atoms with Gasteiger partial charge in [0, 0.05) is 39.1 Å². The molecule has 6 nitrogen and oxygen atoms in total. The number of likely N-dealkylation sites (tertiary alicyclic amines) is 1. The molecule has 146 valence electrons. The third-order valence-electron chi connectivity index (χ3n) is 5.21. The number of aliphatic imine (C=N–C) groups is 1. The summed E-state index contributed by atoms with van der Waals surface area (Å²) in [6.07, 6.45) is 7.00. The number of ether oxygens (including phenoxy) is 1. The molecule has 3 rings (SSSR count). The summed E-state index contributed by atoms with van der Waals surface area (Å²) < 4.78 is 7.41. The predicted octanol–water partition coefficient (Wildman–Crippen LogP) is 3.08. The molecular formula is C21H31N5O. The van der Waals surface area contributed by atoms with Gasteiger partial charge >= 0.3 is 0 Å². The van der Waals surface area contributed by atoms with Crippen molar-refractivity contribution < 1.29 is 4.74 Å². The Hall–Kier alpha value is -2.34. The lowest BCUT2D eigenvalue weighted by atomic mass is 9.93. The van der Waals surface area contributed by atoms with Crippen LogP contribution in [-0.2, 0) is 17.9 Å². The van der Waals surface area contributed by atoms with Crippen LogP contribution >= 0.6 is 0 Å². The van der Waals surface area contributed by atoms with Crippen LogP contribution in [0.15, 0.2) is 48.0 Å². The van der Waals surface area contributed by atoms with Gasteiger partial charge in [-0.15, -0.1) is 0 Å². The van der Waals surface area contributed by atoms with E-state index in [1.807, 2.05) is 12.5 Å². The van der Waals surface area contributed by atoms with E-state index in [-0.39, 0.29) is 0 Å². The average Bonchev–Trinajstić information content (AvgIpc) is 3.22. The maximum absolute atomic E-state index is 5.18. The number of rotatable bonds is 6. The van der Waals surface area contributed by atoms with Gasteiger partial charge in [0.25, 0.3) is 0 Å². The Morgan fingerprint density at radius 3 is 2.74 bits per heavy atom. The summed E-state index contributed by atoms with van der Waals surface area (Å²) in [5.41, 5.74) is 2.40. The van der Waals surface area contributed by atoms with Crippen molar-refractivity contribution in [2.75, 3.05) is 26.7 Å². The maximum Gasteiger partial charge on any atom is 0.194 e. The number of nitrogens with one attached hydrogen (secondary N) is 1. The number of piperidine rings is 1. The zero-order chi connectivity index (χ0) is 19.1. The summed E-state index contributed by atoms with van der Waals surface area (Å²) in [6, 6.07) is 8.92. The Morgan fingerprint density at radius 1 is 1.30 bits per heavy atom. The number of imidazole rings is 1. The molecule has 0 radical (unpaired) electrons. The molecule has 1 N–H and O–H groups in total. The minimum atomic E-state index is 0.429. The number of methoxy groups -OCH3 is 1. The van der Waals surface area contributed by atoms with Crippen LogP contribution in [0.5, 0.6) is 0 Å². The summed E-state index contributed by atoms with van der Waals surface area (Å²) in [5, 5.41) is 3.47. The molecule has 0 spiro atoms. The van der Waals surface area contributed by atoms with E-state index >= 15 is 0 Å². The lowest BCUT2D eigenvalue weighted by Gasteiger charge is -2.39. The van der Waals surface area contributed by atoms with Crippen molar-refractivity contribution in [2.24, 2.45) is 10.9 Å². The van der Waals surface area contributed by atoms with Gasteiger partial charge in [-0.3, -0.25) is 0 Å². The molecule has 27 heavy (non-hydrogen) atoms. The Balaban J connectivity index is 1.69. The van der Waals surface area contributed by atoms with E-state index in [9.17, 15) is 0 Å². The van der Waals surface area contributed by atoms with Gasteiger partial charge in [0.2, 0.25) is 0 Å². The molecule has 1 aliphatic heterocycles. The van der Waals surface area contributed by atoms with E-state index in [0.29, 0.717) is 25.1 Å². The molecule has 0 bridgehead atoms. The fourth-order valence-corrected chi connectivity index (χ4v) is 3.59. The van der Waals surface area contributed by atoms with Gasteiger partial charge in [0.05, 0.1) is 25.5 Å². The van der Waals surface area contributed by atoms with Crippen molar-refractivity contribution in [3.05, 3.63) is 54.1 Å². The van der Waals surface area contributed by atoms with E-state index in [1.165, 1.54) is 11.1 Å². The average molecular weight is 370 g/mol. The summed E-state index contributed by atoms with van der Waals surface area (Å²) in [5.74, 6) is 1.63. The van der Waals surface area contributed by atoms with Crippen molar-refractivity contribution >= 4 is 5.96 Å². The molecule has 1 fully saturated rings. The highest BCUT2D eigenvalue weighted by Crippen LogP contribution is 2.27. The SMILES string of the molecule is CCNC(=NCc1ccc(COC)cc1)N1CCC(C)C(n2ccnc2)C1. The first-order valence-electron chi connectivity index (χ1n) is 9.78. The van der Waals surface area contributed by atoms with Gasteiger partial charge in [0.15, 0.2) is 5.96 Å². The standard InChI is InChI=1S/C21H31N5O/c1-4-23-21(24-13-18-5-7-19(8-6-18)15-27-3)25-11-9-17(2)20(14-25)26-12-10-22-16-26/h5-8,10,12,16-17,20H,4,9,11,13-15H2,1-3H3,(H,23,24). The normalized spacial score (nSPS) is 20.7. The van der Waals surface area contributed by atoms with Gasteiger partial charge in [-0.05, 0) is 30.4 Å². The van der Waals surface area contributed by atoms with Crippen LogP contribution in [0.25, 0.3) is 0 Å². The van der Waals surface area contributed by atoms with E-state index < -0.39 is 0 Å². The third kappa shape index (κ3) is 5.10. The summed E-state index contributed by atoms with van der Waals surface area (Å²) in [4.78, 5) is 11.5. The number of nitrogens with zero attached hydrogens (tertiary/aromatic N) is 4. The molecule has 0 saturated carbocycles. The van der Waals surface area contributed by atoms with E-state index in [2.05, 4.69) is 64.1 Å². The van der Waals surface area contributed by atoms with Crippen LogP contribution in [0, 0.1) is 5.92 Å². The second-order valence-corrected chi connectivity index (χ2v) is 7.21. The number of hydrogen-bond acceptors (Lipinski definition) is 3. The third-order valence-corrected chi connectivity index (χ3v) is 5.21. The molecule has 0 aliphatic carbocycles. The Labute approximate surface area is 162 Å². The van der Waals surface area contributed by atoms with Gasteiger partial charge < -0.3 is 19.5 Å². The van der Waals surface area contributed by atoms with Crippen molar-refractivity contribution in [1.29, 1.82) is 0 Å². The van der Waals surface area contributed by atoms with Crippen LogP contribution in [0.1, 0.15) is 37.4 Å². The molecule has 2 aromatic rings. The first-order chi connectivity index (χ1) is 13.2. The molecular weight excluding hydrogens is 338 g/mol. The minimum Gasteiger partial charge on any atom is -0.380 e. The van der Waals surface area contributed by atoms with E-state index in [4.69, 9.17) is 9.73 Å². The molecule has 1 aliphatic rings. The van der Waals surface area contributed by atoms with Crippen LogP contribution in [0.2, 0.25) is 0 Å². The summed E-state index contributed by atoms with van der Waals surface area (Å²) in [6.45, 7) is 8.63. The molecule has 6 heteroatoms. The van der Waals surface area contributed by atoms with Crippen molar-refractivity contribution in [1.82, 2.24) is 19.8 Å². The molecule has 1 saturated heterocycles. The fraction of sp³-hybridized carbons (Fsp3) is 0.524. The largest absolute Gasteiger partial charge is 0.380 e. The van der Waals surface area contributed by atoms with Crippen molar-refractivity contribution in [3.63, 3.8) is 0 Å². The van der Waals surface area contributed by atoms with E-state index in [1.54, 1.807) is 7.11 Å². The summed E-state index contributed by atoms with van der Waals surface area (Å²) in [7, 11) is 1.72. The highest BCUT2D eigenvalue weighted by molar-refractivity contribution is 5.80. The maximum atomic E-state index is 5.18. The zero-order valence-electron chi connectivity index (χ0n) is 16.6. The first-order valence-corrected chi connectivity index (χ1v) is 9.78. The molecule has 0 amide bonds. The number of guanidine groups is 1. The van der Waals surface area contributed by atoms with Crippen LogP contribution in [0.3, 0.4) is 0 Å². The molecule has 2 heterocycles.